The quantitative estimate of drug-likeness (QED) is 0.577. The van der Waals surface area contributed by atoms with Crippen molar-refractivity contribution in [2.24, 2.45) is 0 Å². The lowest BCUT2D eigenvalue weighted by molar-refractivity contribution is 0.355. The highest BCUT2D eigenvalue weighted by molar-refractivity contribution is 5.12. The number of furan rings is 1. The third-order valence-electron chi connectivity index (χ3n) is 0.764. The Morgan fingerprint density at radius 1 is 1.75 bits per heavy atom. The van der Waals surface area contributed by atoms with E-state index in [1.165, 1.54) is 6.26 Å². The zero-order valence-corrected chi connectivity index (χ0v) is 4.46. The zero-order chi connectivity index (χ0) is 5.82. The number of rotatable bonds is 2. The first kappa shape index (κ1) is 5.22. The number of hydrogen-bond acceptors (Lipinski definition) is 2. The molecule has 0 amide bonds. The van der Waals surface area contributed by atoms with Gasteiger partial charge in [0.2, 0.25) is 0 Å². The summed E-state index contributed by atoms with van der Waals surface area (Å²) in [6.45, 7) is 3.94. The van der Waals surface area contributed by atoms with Crippen LogP contribution in [0.3, 0.4) is 0 Å². The first-order chi connectivity index (χ1) is 3.93. The monoisotopic (exact) mass is 111 g/mol. The SMILES string of the molecule is [CH2]COc1ccoc1. The minimum absolute atomic E-state index is 0.444. The average molecular weight is 111 g/mol. The maximum atomic E-state index is 4.94. The van der Waals surface area contributed by atoms with Crippen LogP contribution >= 0.6 is 0 Å². The van der Waals surface area contributed by atoms with Gasteiger partial charge >= 0.3 is 0 Å². The third-order valence-corrected chi connectivity index (χ3v) is 0.764. The molecule has 0 bridgehead atoms. The molecule has 8 heavy (non-hydrogen) atoms. The maximum Gasteiger partial charge on any atom is 0.157 e. The summed E-state index contributed by atoms with van der Waals surface area (Å²) >= 11 is 0. The summed E-state index contributed by atoms with van der Waals surface area (Å²) in [7, 11) is 0. The summed E-state index contributed by atoms with van der Waals surface area (Å²) in [5.41, 5.74) is 0. The second-order valence-corrected chi connectivity index (χ2v) is 1.31. The summed E-state index contributed by atoms with van der Waals surface area (Å²) in [4.78, 5) is 0. The molecule has 0 aliphatic heterocycles. The fraction of sp³-hybridized carbons (Fsp3) is 0.167. The Bertz CT molecular complexity index is 132. The van der Waals surface area contributed by atoms with E-state index in [2.05, 4.69) is 6.92 Å². The lowest BCUT2D eigenvalue weighted by Crippen LogP contribution is -1.88. The molecule has 0 saturated heterocycles. The fourth-order valence-electron chi connectivity index (χ4n) is 0.452. The minimum atomic E-state index is 0.444. The molecule has 43 valence electrons. The summed E-state index contributed by atoms with van der Waals surface area (Å²) in [5, 5.41) is 0. The van der Waals surface area contributed by atoms with Crippen LogP contribution in [0.1, 0.15) is 0 Å². The highest BCUT2D eigenvalue weighted by atomic mass is 16.5. The van der Waals surface area contributed by atoms with Crippen LogP contribution in [0.2, 0.25) is 0 Å². The van der Waals surface area contributed by atoms with Gasteiger partial charge in [0.05, 0.1) is 12.9 Å². The van der Waals surface area contributed by atoms with Crippen LogP contribution in [0.25, 0.3) is 0 Å². The molecular weight excluding hydrogens is 104 g/mol. The van der Waals surface area contributed by atoms with Crippen molar-refractivity contribution in [1.29, 1.82) is 0 Å². The second-order valence-electron chi connectivity index (χ2n) is 1.31. The van der Waals surface area contributed by atoms with Gasteiger partial charge in [0, 0.05) is 6.07 Å². The molecule has 0 atom stereocenters. The van der Waals surface area contributed by atoms with Gasteiger partial charge in [-0.05, 0) is 6.92 Å². The van der Waals surface area contributed by atoms with Crippen LogP contribution in [0.5, 0.6) is 5.75 Å². The molecule has 0 spiro atoms. The van der Waals surface area contributed by atoms with E-state index in [1.807, 2.05) is 0 Å². The molecule has 0 unspecified atom stereocenters. The molecule has 2 nitrogen and oxygen atoms in total. The molecule has 0 fully saturated rings. The smallest absolute Gasteiger partial charge is 0.157 e. The molecule has 0 saturated carbocycles. The second kappa shape index (κ2) is 2.40. The number of ether oxygens (including phenoxy) is 1. The third kappa shape index (κ3) is 1.03. The van der Waals surface area contributed by atoms with E-state index in [0.717, 1.165) is 5.75 Å². The molecule has 1 heterocycles. The van der Waals surface area contributed by atoms with Gasteiger partial charge < -0.3 is 9.15 Å². The van der Waals surface area contributed by atoms with E-state index in [0.29, 0.717) is 6.61 Å². The molecule has 0 aliphatic carbocycles. The van der Waals surface area contributed by atoms with Crippen molar-refractivity contribution in [3.8, 4) is 5.75 Å². The van der Waals surface area contributed by atoms with E-state index < -0.39 is 0 Å². The van der Waals surface area contributed by atoms with Gasteiger partial charge in [0.25, 0.3) is 0 Å². The summed E-state index contributed by atoms with van der Waals surface area (Å²) < 4.78 is 9.66. The molecule has 1 rings (SSSR count). The lowest BCUT2D eigenvalue weighted by Gasteiger charge is -1.92. The largest absolute Gasteiger partial charge is 0.490 e. The molecule has 2 heteroatoms. The maximum absolute atomic E-state index is 4.94. The van der Waals surface area contributed by atoms with Gasteiger partial charge in [-0.2, -0.15) is 0 Å². The van der Waals surface area contributed by atoms with Gasteiger partial charge in [-0.3, -0.25) is 0 Å². The van der Waals surface area contributed by atoms with Crippen LogP contribution < -0.4 is 4.74 Å². The van der Waals surface area contributed by atoms with Crippen molar-refractivity contribution < 1.29 is 9.15 Å². The lowest BCUT2D eigenvalue weighted by atomic mass is 10.6. The first-order valence-corrected chi connectivity index (χ1v) is 2.37. The van der Waals surface area contributed by atoms with Gasteiger partial charge in [-0.15, -0.1) is 0 Å². The standard InChI is InChI=1S/C6H7O2/c1-2-8-6-3-4-7-5-6/h3-5H,1-2H2. The molecule has 1 aromatic heterocycles. The Morgan fingerprint density at radius 3 is 3.12 bits per heavy atom. The Balaban J connectivity index is 2.50. The van der Waals surface area contributed by atoms with E-state index in [4.69, 9.17) is 9.15 Å². The van der Waals surface area contributed by atoms with Crippen LogP contribution in [0.4, 0.5) is 0 Å². The van der Waals surface area contributed by atoms with Crippen molar-refractivity contribution in [3.63, 3.8) is 0 Å². The Kier molecular flexibility index (Phi) is 1.57. The van der Waals surface area contributed by atoms with Gasteiger partial charge in [-0.1, -0.05) is 0 Å². The van der Waals surface area contributed by atoms with Gasteiger partial charge in [0.15, 0.2) is 5.75 Å². The highest BCUT2D eigenvalue weighted by Gasteiger charge is 1.87. The molecule has 0 N–H and O–H groups in total. The number of hydrogen-bond donors (Lipinski definition) is 0. The highest BCUT2D eigenvalue weighted by Crippen LogP contribution is 2.08. The van der Waals surface area contributed by atoms with Crippen molar-refractivity contribution in [3.05, 3.63) is 25.5 Å². The van der Waals surface area contributed by atoms with Crippen LogP contribution in [-0.2, 0) is 0 Å². The predicted octanol–water partition coefficient (Wildman–Crippen LogP) is 1.49. The Morgan fingerprint density at radius 2 is 2.62 bits per heavy atom. The van der Waals surface area contributed by atoms with E-state index in [-0.39, 0.29) is 0 Å². The summed E-state index contributed by atoms with van der Waals surface area (Å²) in [6, 6.07) is 1.74. The van der Waals surface area contributed by atoms with Crippen molar-refractivity contribution >= 4 is 0 Å². The van der Waals surface area contributed by atoms with E-state index in [1.54, 1.807) is 12.3 Å². The first-order valence-electron chi connectivity index (χ1n) is 2.37. The van der Waals surface area contributed by atoms with Crippen molar-refractivity contribution in [1.82, 2.24) is 0 Å². The zero-order valence-electron chi connectivity index (χ0n) is 4.46. The molecule has 1 radical (unpaired) electrons. The molecule has 0 aliphatic rings. The topological polar surface area (TPSA) is 22.4 Å². The van der Waals surface area contributed by atoms with E-state index >= 15 is 0 Å². The van der Waals surface area contributed by atoms with Crippen LogP contribution in [0.15, 0.2) is 23.0 Å². The molecular formula is C6H7O2. The van der Waals surface area contributed by atoms with Crippen LogP contribution in [-0.4, -0.2) is 6.61 Å². The predicted molar refractivity (Wildman–Crippen MR) is 29.6 cm³/mol. The van der Waals surface area contributed by atoms with Crippen molar-refractivity contribution in [2.75, 3.05) is 6.61 Å². The Labute approximate surface area is 48.1 Å². The Hall–Kier alpha value is -0.920. The molecule has 1 aromatic rings. The summed E-state index contributed by atoms with van der Waals surface area (Å²) in [5.74, 6) is 0.736. The van der Waals surface area contributed by atoms with E-state index in [9.17, 15) is 0 Å². The minimum Gasteiger partial charge on any atom is -0.490 e. The van der Waals surface area contributed by atoms with Gasteiger partial charge in [-0.25, -0.2) is 0 Å². The fourth-order valence-corrected chi connectivity index (χ4v) is 0.452. The van der Waals surface area contributed by atoms with Crippen LogP contribution in [0, 0.1) is 6.92 Å². The van der Waals surface area contributed by atoms with Crippen molar-refractivity contribution in [2.45, 2.75) is 0 Å². The normalized spacial score (nSPS) is 9.12. The summed E-state index contributed by atoms with van der Waals surface area (Å²) in [6.07, 6.45) is 3.09. The molecule has 0 aromatic carbocycles. The average Bonchev–Trinajstić information content (AvgIpc) is 2.19. The van der Waals surface area contributed by atoms with Gasteiger partial charge in [0.1, 0.15) is 6.26 Å².